The zero-order valence-electron chi connectivity index (χ0n) is 17.2. The number of aliphatic hydroxyl groups excluding tert-OH is 1. The Morgan fingerprint density at radius 3 is 2.50 bits per heavy atom. The maximum atomic E-state index is 11.5. The maximum absolute atomic E-state index is 11.5. The number of nitrogens with zero attached hydrogens (tertiary/aromatic N) is 1. The SMILES string of the molecule is O=C(CO)NCC(CCN1CCC(Cc2ccccc2)CC1)c1ccc(Cl)c(Cl)c1. The molecule has 1 amide bonds. The first kappa shape index (κ1) is 23.1. The monoisotopic (exact) mass is 448 g/mol. The van der Waals surface area contributed by atoms with Crippen LogP contribution in [-0.2, 0) is 11.2 Å². The molecular formula is C24H30Cl2N2O2. The van der Waals surface area contributed by atoms with Crippen molar-refractivity contribution in [3.63, 3.8) is 0 Å². The molecule has 1 fully saturated rings. The molecule has 30 heavy (non-hydrogen) atoms. The molecule has 1 unspecified atom stereocenters. The second-order valence-electron chi connectivity index (χ2n) is 8.10. The molecule has 0 spiro atoms. The number of likely N-dealkylation sites (tertiary alicyclic amines) is 1. The van der Waals surface area contributed by atoms with E-state index in [1.165, 1.54) is 18.4 Å². The molecule has 1 aliphatic heterocycles. The second-order valence-corrected chi connectivity index (χ2v) is 8.91. The number of piperidine rings is 1. The molecule has 2 aromatic carbocycles. The van der Waals surface area contributed by atoms with Crippen LogP contribution in [0.4, 0.5) is 0 Å². The highest BCUT2D eigenvalue weighted by molar-refractivity contribution is 6.42. The average molecular weight is 449 g/mol. The zero-order chi connectivity index (χ0) is 21.3. The normalized spacial score (nSPS) is 16.4. The summed E-state index contributed by atoms with van der Waals surface area (Å²) in [5, 5.41) is 12.9. The fourth-order valence-electron chi connectivity index (χ4n) is 4.15. The summed E-state index contributed by atoms with van der Waals surface area (Å²) >= 11 is 12.3. The Morgan fingerprint density at radius 2 is 1.83 bits per heavy atom. The van der Waals surface area contributed by atoms with Gasteiger partial charge in [-0.3, -0.25) is 4.79 Å². The largest absolute Gasteiger partial charge is 0.387 e. The summed E-state index contributed by atoms with van der Waals surface area (Å²) in [6, 6.07) is 16.4. The van der Waals surface area contributed by atoms with Gasteiger partial charge in [-0.25, -0.2) is 0 Å². The van der Waals surface area contributed by atoms with Gasteiger partial charge in [0.15, 0.2) is 0 Å². The fourth-order valence-corrected chi connectivity index (χ4v) is 4.45. The smallest absolute Gasteiger partial charge is 0.245 e. The maximum Gasteiger partial charge on any atom is 0.245 e. The number of rotatable bonds is 9. The van der Waals surface area contributed by atoms with Crippen molar-refractivity contribution >= 4 is 29.1 Å². The minimum atomic E-state index is -0.497. The van der Waals surface area contributed by atoms with Gasteiger partial charge < -0.3 is 15.3 Å². The van der Waals surface area contributed by atoms with E-state index < -0.39 is 6.61 Å². The first-order valence-electron chi connectivity index (χ1n) is 10.6. The van der Waals surface area contributed by atoms with Crippen LogP contribution in [0.1, 0.15) is 36.3 Å². The van der Waals surface area contributed by atoms with Crippen molar-refractivity contribution in [1.82, 2.24) is 10.2 Å². The first-order chi connectivity index (χ1) is 14.5. The van der Waals surface area contributed by atoms with Crippen LogP contribution in [0.2, 0.25) is 10.0 Å². The quantitative estimate of drug-likeness (QED) is 0.592. The van der Waals surface area contributed by atoms with E-state index in [2.05, 4.69) is 40.5 Å². The van der Waals surface area contributed by atoms with Crippen LogP contribution in [0.5, 0.6) is 0 Å². The summed E-state index contributed by atoms with van der Waals surface area (Å²) < 4.78 is 0. The third kappa shape index (κ3) is 6.98. The summed E-state index contributed by atoms with van der Waals surface area (Å²) in [5.74, 6) is 0.512. The van der Waals surface area contributed by atoms with Crippen LogP contribution >= 0.6 is 23.2 Å². The van der Waals surface area contributed by atoms with Crippen LogP contribution < -0.4 is 5.32 Å². The molecule has 0 aromatic heterocycles. The van der Waals surface area contributed by atoms with Gasteiger partial charge in [0.05, 0.1) is 10.0 Å². The highest BCUT2D eigenvalue weighted by Gasteiger charge is 2.21. The van der Waals surface area contributed by atoms with Gasteiger partial charge in [0.25, 0.3) is 0 Å². The minimum Gasteiger partial charge on any atom is -0.387 e. The second kappa shape index (κ2) is 11.7. The molecule has 4 nitrogen and oxygen atoms in total. The Bertz CT molecular complexity index is 808. The summed E-state index contributed by atoms with van der Waals surface area (Å²) in [7, 11) is 0. The Hall–Kier alpha value is -1.59. The summed E-state index contributed by atoms with van der Waals surface area (Å²) in [6.45, 7) is 3.16. The molecule has 3 rings (SSSR count). The van der Waals surface area contributed by atoms with Gasteiger partial charge in [-0.1, -0.05) is 59.6 Å². The van der Waals surface area contributed by atoms with E-state index >= 15 is 0 Å². The molecule has 0 radical (unpaired) electrons. The predicted molar refractivity (Wildman–Crippen MR) is 123 cm³/mol. The van der Waals surface area contributed by atoms with Crippen molar-refractivity contribution in [3.05, 3.63) is 69.7 Å². The van der Waals surface area contributed by atoms with E-state index in [9.17, 15) is 4.79 Å². The number of carbonyl (C=O) groups is 1. The molecule has 1 atom stereocenters. The summed E-state index contributed by atoms with van der Waals surface area (Å²) in [4.78, 5) is 14.1. The van der Waals surface area contributed by atoms with Crippen LogP contribution in [0.3, 0.4) is 0 Å². The van der Waals surface area contributed by atoms with Crippen LogP contribution in [-0.4, -0.2) is 48.7 Å². The van der Waals surface area contributed by atoms with Crippen LogP contribution in [0.15, 0.2) is 48.5 Å². The highest BCUT2D eigenvalue weighted by Crippen LogP contribution is 2.29. The lowest BCUT2D eigenvalue weighted by atomic mass is 9.89. The molecule has 6 heteroatoms. The summed E-state index contributed by atoms with van der Waals surface area (Å²) in [6.07, 6.45) is 4.50. The molecule has 2 aromatic rings. The molecule has 1 aliphatic rings. The topological polar surface area (TPSA) is 52.6 Å². The number of amides is 1. The van der Waals surface area contributed by atoms with Crippen molar-refractivity contribution < 1.29 is 9.90 Å². The van der Waals surface area contributed by atoms with Gasteiger partial charge in [0, 0.05) is 12.5 Å². The van der Waals surface area contributed by atoms with Crippen molar-refractivity contribution in [3.8, 4) is 0 Å². The van der Waals surface area contributed by atoms with E-state index in [4.69, 9.17) is 28.3 Å². The van der Waals surface area contributed by atoms with Gasteiger partial charge in [-0.15, -0.1) is 0 Å². The third-order valence-electron chi connectivity index (χ3n) is 5.97. The van der Waals surface area contributed by atoms with E-state index in [1.54, 1.807) is 6.07 Å². The van der Waals surface area contributed by atoms with Gasteiger partial charge in [0.2, 0.25) is 5.91 Å². The Labute approximate surface area is 189 Å². The summed E-state index contributed by atoms with van der Waals surface area (Å²) in [5.41, 5.74) is 2.48. The zero-order valence-corrected chi connectivity index (χ0v) is 18.7. The van der Waals surface area contributed by atoms with E-state index in [-0.39, 0.29) is 11.8 Å². The average Bonchev–Trinajstić information content (AvgIpc) is 2.77. The molecule has 162 valence electrons. The fraction of sp³-hybridized carbons (Fsp3) is 0.458. The lowest BCUT2D eigenvalue weighted by Gasteiger charge is -2.33. The molecule has 1 saturated heterocycles. The van der Waals surface area contributed by atoms with Gasteiger partial charge in [0.1, 0.15) is 6.61 Å². The molecule has 0 bridgehead atoms. The Morgan fingerprint density at radius 1 is 1.10 bits per heavy atom. The molecule has 1 heterocycles. The van der Waals surface area contributed by atoms with Gasteiger partial charge >= 0.3 is 0 Å². The van der Waals surface area contributed by atoms with E-state index in [0.717, 1.165) is 44.0 Å². The first-order valence-corrected chi connectivity index (χ1v) is 11.4. The van der Waals surface area contributed by atoms with Crippen LogP contribution in [0, 0.1) is 5.92 Å². The predicted octanol–water partition coefficient (Wildman–Crippen LogP) is 4.53. The standard InChI is InChI=1S/C24H30Cl2N2O2/c25-22-7-6-20(15-23(22)26)21(16-27-24(30)17-29)10-13-28-11-8-19(9-12-28)14-18-4-2-1-3-5-18/h1-7,15,19,21,29H,8-14,16-17H2,(H,27,30). The van der Waals surface area contributed by atoms with Gasteiger partial charge in [-0.05, 0) is 74.5 Å². The number of aliphatic hydroxyl groups is 1. The lowest BCUT2D eigenvalue weighted by molar-refractivity contribution is -0.123. The molecule has 2 N–H and O–H groups in total. The lowest BCUT2D eigenvalue weighted by Crippen LogP contribution is -2.37. The van der Waals surface area contributed by atoms with Crippen molar-refractivity contribution in [2.45, 2.75) is 31.6 Å². The highest BCUT2D eigenvalue weighted by atomic mass is 35.5. The number of carbonyl (C=O) groups excluding carboxylic acids is 1. The van der Waals surface area contributed by atoms with E-state index in [1.807, 2.05) is 12.1 Å². The molecule has 0 aliphatic carbocycles. The Kier molecular flexibility index (Phi) is 9.01. The number of benzene rings is 2. The number of nitrogens with one attached hydrogen (secondary N) is 1. The molecular weight excluding hydrogens is 419 g/mol. The Balaban J connectivity index is 1.52. The van der Waals surface area contributed by atoms with Gasteiger partial charge in [-0.2, -0.15) is 0 Å². The van der Waals surface area contributed by atoms with Crippen molar-refractivity contribution in [1.29, 1.82) is 0 Å². The van der Waals surface area contributed by atoms with Crippen molar-refractivity contribution in [2.75, 3.05) is 32.8 Å². The van der Waals surface area contributed by atoms with Crippen LogP contribution in [0.25, 0.3) is 0 Å². The number of halogens is 2. The number of hydrogen-bond donors (Lipinski definition) is 2. The third-order valence-corrected chi connectivity index (χ3v) is 6.71. The number of hydrogen-bond acceptors (Lipinski definition) is 3. The van der Waals surface area contributed by atoms with E-state index in [0.29, 0.717) is 16.6 Å². The minimum absolute atomic E-state index is 0.123. The molecule has 0 saturated carbocycles. The van der Waals surface area contributed by atoms with Crippen molar-refractivity contribution in [2.24, 2.45) is 5.92 Å².